The summed E-state index contributed by atoms with van der Waals surface area (Å²) in [5.74, 6) is 0.544. The Morgan fingerprint density at radius 3 is 2.28 bits per heavy atom. The Labute approximate surface area is 228 Å². The molecule has 186 valence electrons. The van der Waals surface area contributed by atoms with Gasteiger partial charge in [0.25, 0.3) is 0 Å². The molecule has 8 rings (SSSR count). The Morgan fingerprint density at radius 2 is 1.36 bits per heavy atom. The van der Waals surface area contributed by atoms with Gasteiger partial charge in [-0.15, -0.1) is 0 Å². The number of nitrogens with zero attached hydrogens (tertiary/aromatic N) is 2. The highest BCUT2D eigenvalue weighted by atomic mass is 35.5. The van der Waals surface area contributed by atoms with Gasteiger partial charge < -0.3 is 14.2 Å². The maximum atomic E-state index is 6.47. The summed E-state index contributed by atoms with van der Waals surface area (Å²) >= 11 is 6.47. The predicted octanol–water partition coefficient (Wildman–Crippen LogP) is 8.80. The molecule has 0 saturated carbocycles. The van der Waals surface area contributed by atoms with Crippen molar-refractivity contribution >= 4 is 66.6 Å². The van der Waals surface area contributed by atoms with Crippen molar-refractivity contribution in [3.05, 3.63) is 120 Å². The molecule has 6 heteroatoms. The molecule has 0 radical (unpaired) electrons. The van der Waals surface area contributed by atoms with Crippen molar-refractivity contribution in [3.63, 3.8) is 0 Å². The van der Waals surface area contributed by atoms with Gasteiger partial charge in [-0.1, -0.05) is 78.9 Å². The minimum absolute atomic E-state index is 0.283. The summed E-state index contributed by atoms with van der Waals surface area (Å²) in [6.07, 6.45) is -0.414. The third kappa shape index (κ3) is 3.62. The maximum absolute atomic E-state index is 6.47. The summed E-state index contributed by atoms with van der Waals surface area (Å²) in [6.45, 7) is 0. The smallest absolute Gasteiger partial charge is 0.199 e. The first-order valence-corrected chi connectivity index (χ1v) is 13.1. The largest absolute Gasteiger partial charge is 0.456 e. The second-order valence-corrected chi connectivity index (χ2v) is 9.97. The SMILES string of the molecule is ClC1=NC(c2ccc3c(c2)oc2ccccc23)=NC(c2ccc3c(c2)oc2cccc(-c4ccccc4)c23)N1. The lowest BCUT2D eigenvalue weighted by molar-refractivity contribution is 0.657. The van der Waals surface area contributed by atoms with Crippen molar-refractivity contribution < 1.29 is 8.83 Å². The normalized spacial score (nSPS) is 15.6. The first-order chi connectivity index (χ1) is 19.2. The van der Waals surface area contributed by atoms with Crippen LogP contribution < -0.4 is 5.32 Å². The molecule has 0 saturated heterocycles. The van der Waals surface area contributed by atoms with Gasteiger partial charge in [-0.2, -0.15) is 0 Å². The van der Waals surface area contributed by atoms with E-state index in [2.05, 4.69) is 58.8 Å². The monoisotopic (exact) mass is 525 g/mol. The molecule has 0 aliphatic carbocycles. The molecule has 39 heavy (non-hydrogen) atoms. The number of hydrogen-bond acceptors (Lipinski definition) is 5. The molecule has 3 heterocycles. The van der Waals surface area contributed by atoms with Crippen LogP contribution in [0.2, 0.25) is 0 Å². The van der Waals surface area contributed by atoms with Gasteiger partial charge in [0.2, 0.25) is 0 Å². The Bertz CT molecular complexity index is 2120. The van der Waals surface area contributed by atoms with E-state index in [1.165, 1.54) is 0 Å². The standard InChI is InChI=1S/C33H20ClN3O2/c34-33-36-31(20-13-15-24-23-9-4-5-11-26(23)38-28(24)17-20)35-32(37-33)21-14-16-25-29(18-21)39-27-12-6-10-22(30(25)27)19-7-2-1-3-8-19/h1-18,32H,(H,35,36,37). The number of hydrogen-bond donors (Lipinski definition) is 1. The summed E-state index contributed by atoms with van der Waals surface area (Å²) in [7, 11) is 0. The van der Waals surface area contributed by atoms with E-state index < -0.39 is 6.17 Å². The average molecular weight is 526 g/mol. The predicted molar refractivity (Wildman–Crippen MR) is 159 cm³/mol. The number of benzene rings is 5. The minimum Gasteiger partial charge on any atom is -0.456 e. The van der Waals surface area contributed by atoms with Gasteiger partial charge in [-0.25, -0.2) is 9.98 Å². The van der Waals surface area contributed by atoms with Crippen LogP contribution in [0.3, 0.4) is 0 Å². The second kappa shape index (κ2) is 8.58. The highest BCUT2D eigenvalue weighted by Crippen LogP contribution is 2.38. The van der Waals surface area contributed by atoms with Gasteiger partial charge >= 0.3 is 0 Å². The zero-order valence-electron chi connectivity index (χ0n) is 20.6. The molecule has 0 amide bonds. The van der Waals surface area contributed by atoms with Gasteiger partial charge in [0.05, 0.1) is 0 Å². The molecule has 1 unspecified atom stereocenters. The van der Waals surface area contributed by atoms with Crippen LogP contribution in [0.5, 0.6) is 0 Å². The van der Waals surface area contributed by atoms with Crippen LogP contribution in [0.25, 0.3) is 55.0 Å². The zero-order chi connectivity index (χ0) is 25.9. The van der Waals surface area contributed by atoms with E-state index in [4.69, 9.17) is 25.4 Å². The zero-order valence-corrected chi connectivity index (χ0v) is 21.3. The van der Waals surface area contributed by atoms with E-state index >= 15 is 0 Å². The van der Waals surface area contributed by atoms with E-state index in [0.717, 1.165) is 66.1 Å². The number of nitrogens with one attached hydrogen (secondary N) is 1. The van der Waals surface area contributed by atoms with Crippen LogP contribution in [-0.2, 0) is 0 Å². The number of furan rings is 2. The highest BCUT2D eigenvalue weighted by molar-refractivity contribution is 6.65. The van der Waals surface area contributed by atoms with Crippen LogP contribution in [0.1, 0.15) is 17.3 Å². The molecule has 0 fully saturated rings. The molecule has 1 aliphatic heterocycles. The van der Waals surface area contributed by atoms with E-state index in [1.54, 1.807) is 0 Å². The van der Waals surface area contributed by atoms with E-state index in [-0.39, 0.29) is 5.29 Å². The van der Waals surface area contributed by atoms with Crippen molar-refractivity contribution in [2.24, 2.45) is 9.98 Å². The quantitative estimate of drug-likeness (QED) is 0.234. The first kappa shape index (κ1) is 22.1. The van der Waals surface area contributed by atoms with Crippen molar-refractivity contribution in [2.75, 3.05) is 0 Å². The molecule has 0 spiro atoms. The number of fused-ring (bicyclic) bond motifs is 6. The van der Waals surface area contributed by atoms with E-state index in [1.807, 2.05) is 60.7 Å². The highest BCUT2D eigenvalue weighted by Gasteiger charge is 2.21. The lowest BCUT2D eigenvalue weighted by atomic mass is 9.99. The van der Waals surface area contributed by atoms with Crippen molar-refractivity contribution in [3.8, 4) is 11.1 Å². The summed E-state index contributed by atoms with van der Waals surface area (Å²) in [6, 6.07) is 36.8. The third-order valence-corrected chi connectivity index (χ3v) is 7.46. The molecule has 1 aliphatic rings. The molecular formula is C33H20ClN3O2. The second-order valence-electron chi connectivity index (χ2n) is 9.61. The van der Waals surface area contributed by atoms with Crippen LogP contribution in [0.15, 0.2) is 128 Å². The van der Waals surface area contributed by atoms with Gasteiger partial charge in [-0.05, 0) is 53.1 Å². The molecule has 1 atom stereocenters. The van der Waals surface area contributed by atoms with Crippen molar-refractivity contribution in [1.29, 1.82) is 0 Å². The molecule has 7 aromatic rings. The topological polar surface area (TPSA) is 63.0 Å². The lowest BCUT2D eigenvalue weighted by Gasteiger charge is -2.20. The van der Waals surface area contributed by atoms with Crippen LogP contribution >= 0.6 is 11.6 Å². The van der Waals surface area contributed by atoms with Crippen molar-refractivity contribution in [1.82, 2.24) is 5.32 Å². The summed E-state index contributed by atoms with van der Waals surface area (Å²) in [4.78, 5) is 9.40. The number of rotatable bonds is 3. The number of halogens is 1. The van der Waals surface area contributed by atoms with E-state index in [0.29, 0.717) is 5.84 Å². The minimum atomic E-state index is -0.414. The van der Waals surface area contributed by atoms with Crippen LogP contribution in [-0.4, -0.2) is 11.1 Å². The van der Waals surface area contributed by atoms with Crippen LogP contribution in [0.4, 0.5) is 0 Å². The lowest BCUT2D eigenvalue weighted by Crippen LogP contribution is -2.29. The third-order valence-electron chi connectivity index (χ3n) is 7.27. The fraction of sp³-hybridized carbons (Fsp3) is 0.0303. The van der Waals surface area contributed by atoms with E-state index in [9.17, 15) is 0 Å². The average Bonchev–Trinajstić information content (AvgIpc) is 3.54. The van der Waals surface area contributed by atoms with Gasteiger partial charge in [0.1, 0.15) is 28.5 Å². The van der Waals surface area contributed by atoms with Gasteiger partial charge in [0, 0.05) is 32.7 Å². The summed E-state index contributed by atoms with van der Waals surface area (Å²) in [5, 5.41) is 7.77. The molecule has 1 N–H and O–H groups in total. The fourth-order valence-corrected chi connectivity index (χ4v) is 5.64. The van der Waals surface area contributed by atoms with Gasteiger partial charge in [-0.3, -0.25) is 0 Å². The number of para-hydroxylation sites is 1. The summed E-state index contributed by atoms with van der Waals surface area (Å²) in [5.41, 5.74) is 7.35. The Hall–Kier alpha value is -4.87. The molecule has 0 bridgehead atoms. The number of amidine groups is 2. The summed E-state index contributed by atoms with van der Waals surface area (Å²) < 4.78 is 12.4. The van der Waals surface area contributed by atoms with Crippen LogP contribution in [0, 0.1) is 0 Å². The Morgan fingerprint density at radius 1 is 0.615 bits per heavy atom. The van der Waals surface area contributed by atoms with Crippen molar-refractivity contribution in [2.45, 2.75) is 6.17 Å². The maximum Gasteiger partial charge on any atom is 0.199 e. The molecule has 2 aromatic heterocycles. The Balaban J connectivity index is 1.21. The molecule has 5 nitrogen and oxygen atoms in total. The fourth-order valence-electron chi connectivity index (χ4n) is 5.45. The number of aliphatic imine (C=N–C) groups is 2. The molecular weight excluding hydrogens is 506 g/mol. The first-order valence-electron chi connectivity index (χ1n) is 12.7. The van der Waals surface area contributed by atoms with Gasteiger partial charge in [0.15, 0.2) is 11.1 Å². The molecule has 5 aromatic carbocycles. The Kier molecular flexibility index (Phi) is 4.87.